The number of anilines is 1. The van der Waals surface area contributed by atoms with Gasteiger partial charge in [-0.3, -0.25) is 4.79 Å². The number of hydrogen-bond acceptors (Lipinski definition) is 5. The zero-order chi connectivity index (χ0) is 18.0. The molecule has 25 heavy (non-hydrogen) atoms. The van der Waals surface area contributed by atoms with E-state index in [1.807, 2.05) is 0 Å². The number of aryl methyl sites for hydroxylation is 2. The molecular weight excluding hydrogens is 334 g/mol. The summed E-state index contributed by atoms with van der Waals surface area (Å²) < 4.78 is 37.8. The molecule has 1 amide bonds. The molecule has 0 saturated heterocycles. The van der Waals surface area contributed by atoms with E-state index in [4.69, 9.17) is 9.26 Å². The number of amides is 1. The van der Waals surface area contributed by atoms with Gasteiger partial charge in [-0.25, -0.2) is 13.5 Å². The predicted molar refractivity (Wildman–Crippen MR) is 83.1 cm³/mol. The highest BCUT2D eigenvalue weighted by Gasteiger charge is 2.16. The molecule has 3 rings (SSSR count). The Bertz CT molecular complexity index is 900. The second-order valence-corrected chi connectivity index (χ2v) is 5.24. The van der Waals surface area contributed by atoms with E-state index in [1.165, 1.54) is 23.0 Å². The fourth-order valence-corrected chi connectivity index (χ4v) is 2.12. The normalized spacial score (nSPS) is 10.7. The molecule has 0 spiro atoms. The minimum Gasteiger partial charge on any atom is -0.468 e. The molecule has 0 radical (unpaired) electrons. The Morgan fingerprint density at radius 3 is 2.80 bits per heavy atom. The molecule has 9 heteroatoms. The van der Waals surface area contributed by atoms with Gasteiger partial charge in [0.2, 0.25) is 0 Å². The smallest absolute Gasteiger partial charge is 0.276 e. The SMILES string of the molecule is Cc1noc(C)c1NC(=O)c1ccn(COc2ccc(F)cc2F)n1. The van der Waals surface area contributed by atoms with Gasteiger partial charge in [0.15, 0.2) is 29.8 Å². The molecule has 0 unspecified atom stereocenters. The fraction of sp³-hybridized carbons (Fsp3) is 0.188. The molecular formula is C16H14F2N4O3. The van der Waals surface area contributed by atoms with Crippen molar-refractivity contribution in [1.82, 2.24) is 14.9 Å². The Morgan fingerprint density at radius 1 is 1.32 bits per heavy atom. The van der Waals surface area contributed by atoms with Gasteiger partial charge in [-0.1, -0.05) is 5.16 Å². The second-order valence-electron chi connectivity index (χ2n) is 5.24. The van der Waals surface area contributed by atoms with Gasteiger partial charge in [-0.2, -0.15) is 5.10 Å². The lowest BCUT2D eigenvalue weighted by Gasteiger charge is -2.07. The Hall–Kier alpha value is -3.23. The van der Waals surface area contributed by atoms with Gasteiger partial charge in [0.1, 0.15) is 17.2 Å². The molecule has 0 atom stereocenters. The Labute approximate surface area is 141 Å². The number of rotatable bonds is 5. The van der Waals surface area contributed by atoms with Crippen LogP contribution in [0.1, 0.15) is 21.9 Å². The summed E-state index contributed by atoms with van der Waals surface area (Å²) in [5, 5.41) is 10.5. The summed E-state index contributed by atoms with van der Waals surface area (Å²) in [5.41, 5.74) is 1.19. The van der Waals surface area contributed by atoms with Crippen LogP contribution >= 0.6 is 0 Å². The van der Waals surface area contributed by atoms with E-state index in [0.29, 0.717) is 17.1 Å². The summed E-state index contributed by atoms with van der Waals surface area (Å²) in [6.45, 7) is 3.25. The van der Waals surface area contributed by atoms with Crippen molar-refractivity contribution in [3.05, 3.63) is 59.2 Å². The van der Waals surface area contributed by atoms with Crippen LogP contribution in [0.15, 0.2) is 35.0 Å². The minimum absolute atomic E-state index is 0.112. The molecule has 130 valence electrons. The largest absolute Gasteiger partial charge is 0.468 e. The summed E-state index contributed by atoms with van der Waals surface area (Å²) in [6, 6.07) is 4.47. The molecule has 1 aromatic carbocycles. The lowest BCUT2D eigenvalue weighted by molar-refractivity contribution is 0.101. The highest BCUT2D eigenvalue weighted by Crippen LogP contribution is 2.20. The average Bonchev–Trinajstić information content (AvgIpc) is 3.16. The molecule has 2 heterocycles. The number of aromatic nitrogens is 3. The molecule has 1 N–H and O–H groups in total. The highest BCUT2D eigenvalue weighted by molar-refractivity contribution is 6.03. The lowest BCUT2D eigenvalue weighted by Crippen LogP contribution is -2.15. The number of nitrogens with one attached hydrogen (secondary N) is 1. The average molecular weight is 348 g/mol. The van der Waals surface area contributed by atoms with Crippen molar-refractivity contribution in [1.29, 1.82) is 0 Å². The third kappa shape index (κ3) is 3.65. The third-order valence-corrected chi connectivity index (χ3v) is 3.39. The number of carbonyl (C=O) groups excluding carboxylic acids is 1. The topological polar surface area (TPSA) is 82.2 Å². The first kappa shape index (κ1) is 16.6. The van der Waals surface area contributed by atoms with Crippen LogP contribution in [0.4, 0.5) is 14.5 Å². The monoisotopic (exact) mass is 348 g/mol. The molecule has 0 aliphatic heterocycles. The molecule has 0 aliphatic rings. The van der Waals surface area contributed by atoms with Gasteiger partial charge in [-0.05, 0) is 32.0 Å². The maximum absolute atomic E-state index is 13.5. The summed E-state index contributed by atoms with van der Waals surface area (Å²) in [5.74, 6) is -1.58. The number of carbonyl (C=O) groups is 1. The number of benzene rings is 1. The van der Waals surface area contributed by atoms with Gasteiger partial charge in [0.25, 0.3) is 5.91 Å². The Morgan fingerprint density at radius 2 is 2.12 bits per heavy atom. The van der Waals surface area contributed by atoms with Crippen molar-refractivity contribution < 1.29 is 22.8 Å². The van der Waals surface area contributed by atoms with Gasteiger partial charge in [-0.15, -0.1) is 0 Å². The highest BCUT2D eigenvalue weighted by atomic mass is 19.1. The first-order valence-electron chi connectivity index (χ1n) is 7.29. The van der Waals surface area contributed by atoms with E-state index >= 15 is 0 Å². The Kier molecular flexibility index (Phi) is 4.46. The third-order valence-electron chi connectivity index (χ3n) is 3.39. The number of halogens is 2. The molecule has 7 nitrogen and oxygen atoms in total. The van der Waals surface area contributed by atoms with Crippen LogP contribution in [0.25, 0.3) is 0 Å². The van der Waals surface area contributed by atoms with E-state index in [-0.39, 0.29) is 18.2 Å². The quantitative estimate of drug-likeness (QED) is 0.766. The van der Waals surface area contributed by atoms with Crippen molar-refractivity contribution in [3.63, 3.8) is 0 Å². The van der Waals surface area contributed by atoms with Crippen LogP contribution < -0.4 is 10.1 Å². The molecule has 0 saturated carbocycles. The summed E-state index contributed by atoms with van der Waals surface area (Å²) in [4.78, 5) is 12.2. The van der Waals surface area contributed by atoms with E-state index in [1.54, 1.807) is 13.8 Å². The van der Waals surface area contributed by atoms with Gasteiger partial charge in [0, 0.05) is 12.3 Å². The lowest BCUT2D eigenvalue weighted by atomic mass is 10.3. The molecule has 0 bridgehead atoms. The zero-order valence-electron chi connectivity index (χ0n) is 13.4. The van der Waals surface area contributed by atoms with Gasteiger partial charge < -0.3 is 14.6 Å². The first-order chi connectivity index (χ1) is 11.9. The second kappa shape index (κ2) is 6.71. The first-order valence-corrected chi connectivity index (χ1v) is 7.29. The van der Waals surface area contributed by atoms with Gasteiger partial charge in [0.05, 0.1) is 0 Å². The van der Waals surface area contributed by atoms with Crippen LogP contribution in [0.3, 0.4) is 0 Å². The molecule has 2 aromatic heterocycles. The van der Waals surface area contributed by atoms with Gasteiger partial charge >= 0.3 is 0 Å². The number of nitrogens with zero attached hydrogens (tertiary/aromatic N) is 3. The summed E-state index contributed by atoms with van der Waals surface area (Å²) in [6.07, 6.45) is 1.50. The van der Waals surface area contributed by atoms with E-state index in [9.17, 15) is 13.6 Å². The molecule has 0 fully saturated rings. The van der Waals surface area contributed by atoms with E-state index in [2.05, 4.69) is 15.6 Å². The maximum Gasteiger partial charge on any atom is 0.276 e. The maximum atomic E-state index is 13.5. The van der Waals surface area contributed by atoms with Crippen LogP contribution in [-0.2, 0) is 6.73 Å². The van der Waals surface area contributed by atoms with Crippen LogP contribution in [-0.4, -0.2) is 20.8 Å². The van der Waals surface area contributed by atoms with E-state index < -0.39 is 17.5 Å². The Balaban J connectivity index is 1.65. The molecule has 0 aliphatic carbocycles. The van der Waals surface area contributed by atoms with Crippen molar-refractivity contribution >= 4 is 11.6 Å². The predicted octanol–water partition coefficient (Wildman–Crippen LogP) is 3.05. The minimum atomic E-state index is -0.816. The molecule has 3 aromatic rings. The summed E-state index contributed by atoms with van der Waals surface area (Å²) in [7, 11) is 0. The zero-order valence-corrected chi connectivity index (χ0v) is 13.4. The van der Waals surface area contributed by atoms with Crippen molar-refractivity contribution in [2.45, 2.75) is 20.6 Å². The number of hydrogen-bond donors (Lipinski definition) is 1. The van der Waals surface area contributed by atoms with E-state index in [0.717, 1.165) is 12.1 Å². The van der Waals surface area contributed by atoms with Crippen molar-refractivity contribution in [2.75, 3.05) is 5.32 Å². The van der Waals surface area contributed by atoms with Crippen LogP contribution in [0.2, 0.25) is 0 Å². The van der Waals surface area contributed by atoms with Crippen molar-refractivity contribution in [2.24, 2.45) is 0 Å². The fourth-order valence-electron chi connectivity index (χ4n) is 2.12. The van der Waals surface area contributed by atoms with Crippen LogP contribution in [0, 0.1) is 25.5 Å². The number of ether oxygens (including phenoxy) is 1. The van der Waals surface area contributed by atoms with Crippen molar-refractivity contribution in [3.8, 4) is 5.75 Å². The summed E-state index contributed by atoms with van der Waals surface area (Å²) >= 11 is 0. The van der Waals surface area contributed by atoms with Crippen LogP contribution in [0.5, 0.6) is 5.75 Å². The standard InChI is InChI=1S/C16H14F2N4O3/c1-9-15(10(2)25-21-9)19-16(23)13-5-6-22(20-13)8-24-14-4-3-11(17)7-12(14)18/h3-7H,8H2,1-2H3,(H,19,23).